The van der Waals surface area contributed by atoms with E-state index in [4.69, 9.17) is 5.73 Å². The van der Waals surface area contributed by atoms with Crippen LogP contribution < -0.4 is 11.1 Å². The highest BCUT2D eigenvalue weighted by atomic mass is 79.9. The molecule has 2 aromatic carbocycles. The Labute approximate surface area is 159 Å². The number of halogens is 1. The SMILES string of the molecule is CC(=O)Nc1ccc(-c2cc(-c3ccc(Br)cc3)nc(N)c2C#N)cc1. The van der Waals surface area contributed by atoms with Crippen LogP contribution in [-0.2, 0) is 4.79 Å². The third-order valence-electron chi connectivity index (χ3n) is 3.82. The Morgan fingerprint density at radius 3 is 2.31 bits per heavy atom. The quantitative estimate of drug-likeness (QED) is 0.664. The van der Waals surface area contributed by atoms with E-state index in [0.717, 1.165) is 15.6 Å². The van der Waals surface area contributed by atoms with E-state index in [0.29, 0.717) is 22.5 Å². The number of hydrogen-bond acceptors (Lipinski definition) is 4. The average molecular weight is 407 g/mol. The third kappa shape index (κ3) is 3.73. The standard InChI is InChI=1S/C20H15BrN4O/c1-12(26)24-16-8-4-13(5-9-16)17-10-19(25-20(23)18(17)11-22)14-2-6-15(21)7-3-14/h2-10H,1H3,(H2,23,25)(H,24,26). The van der Waals surface area contributed by atoms with Crippen molar-refractivity contribution in [2.45, 2.75) is 6.92 Å². The number of aromatic nitrogens is 1. The molecule has 0 aliphatic rings. The molecule has 128 valence electrons. The van der Waals surface area contributed by atoms with Gasteiger partial charge in [0.2, 0.25) is 5.91 Å². The summed E-state index contributed by atoms with van der Waals surface area (Å²) in [5, 5.41) is 12.2. The van der Waals surface area contributed by atoms with Crippen LogP contribution in [0.1, 0.15) is 12.5 Å². The van der Waals surface area contributed by atoms with Crippen LogP contribution in [0.3, 0.4) is 0 Å². The highest BCUT2D eigenvalue weighted by molar-refractivity contribution is 9.10. The van der Waals surface area contributed by atoms with Crippen LogP contribution in [0.15, 0.2) is 59.1 Å². The fourth-order valence-corrected chi connectivity index (χ4v) is 2.88. The van der Waals surface area contributed by atoms with Crippen LogP contribution >= 0.6 is 15.9 Å². The smallest absolute Gasteiger partial charge is 0.221 e. The van der Waals surface area contributed by atoms with E-state index < -0.39 is 0 Å². The van der Waals surface area contributed by atoms with Crippen molar-refractivity contribution >= 4 is 33.3 Å². The molecular formula is C20H15BrN4O. The van der Waals surface area contributed by atoms with Crippen LogP contribution in [0, 0.1) is 11.3 Å². The molecule has 3 aromatic rings. The highest BCUT2D eigenvalue weighted by Crippen LogP contribution is 2.32. The third-order valence-corrected chi connectivity index (χ3v) is 4.34. The minimum absolute atomic E-state index is 0.138. The lowest BCUT2D eigenvalue weighted by Crippen LogP contribution is -2.05. The average Bonchev–Trinajstić information content (AvgIpc) is 2.62. The lowest BCUT2D eigenvalue weighted by atomic mass is 9.98. The Morgan fingerprint density at radius 1 is 1.12 bits per heavy atom. The van der Waals surface area contributed by atoms with Crippen molar-refractivity contribution in [3.63, 3.8) is 0 Å². The van der Waals surface area contributed by atoms with E-state index in [-0.39, 0.29) is 11.7 Å². The van der Waals surface area contributed by atoms with Crippen LogP contribution in [0.5, 0.6) is 0 Å². The topological polar surface area (TPSA) is 91.8 Å². The number of nitrogens with zero attached hydrogens (tertiary/aromatic N) is 2. The molecule has 0 radical (unpaired) electrons. The first kappa shape index (κ1) is 17.6. The number of anilines is 2. The number of hydrogen-bond donors (Lipinski definition) is 2. The second-order valence-electron chi connectivity index (χ2n) is 5.69. The van der Waals surface area contributed by atoms with Crippen molar-refractivity contribution in [3.05, 3.63) is 64.6 Å². The summed E-state index contributed by atoms with van der Waals surface area (Å²) in [6.07, 6.45) is 0. The first-order valence-corrected chi connectivity index (χ1v) is 8.62. The number of carbonyl (C=O) groups excluding carboxylic acids is 1. The molecule has 0 unspecified atom stereocenters. The Kier molecular flexibility index (Phi) is 5.01. The summed E-state index contributed by atoms with van der Waals surface area (Å²) in [6.45, 7) is 1.45. The van der Waals surface area contributed by atoms with E-state index in [1.165, 1.54) is 6.92 Å². The van der Waals surface area contributed by atoms with Gasteiger partial charge in [-0.05, 0) is 35.9 Å². The molecule has 3 N–H and O–H groups in total. The van der Waals surface area contributed by atoms with Crippen LogP contribution in [0.4, 0.5) is 11.5 Å². The van der Waals surface area contributed by atoms with Gasteiger partial charge < -0.3 is 11.1 Å². The molecule has 0 saturated carbocycles. The van der Waals surface area contributed by atoms with Gasteiger partial charge in [-0.1, -0.05) is 40.2 Å². The maximum atomic E-state index is 11.2. The maximum absolute atomic E-state index is 11.2. The molecule has 0 bridgehead atoms. The summed E-state index contributed by atoms with van der Waals surface area (Å²) in [5.41, 5.74) is 10.2. The minimum atomic E-state index is -0.138. The number of nitriles is 1. The van der Waals surface area contributed by atoms with Gasteiger partial charge in [0.1, 0.15) is 17.5 Å². The van der Waals surface area contributed by atoms with Gasteiger partial charge in [0.25, 0.3) is 0 Å². The molecule has 1 amide bonds. The second-order valence-corrected chi connectivity index (χ2v) is 6.61. The van der Waals surface area contributed by atoms with E-state index in [1.54, 1.807) is 12.1 Å². The van der Waals surface area contributed by atoms with Crippen LogP contribution in [0.25, 0.3) is 22.4 Å². The van der Waals surface area contributed by atoms with Crippen LogP contribution in [-0.4, -0.2) is 10.9 Å². The zero-order valence-electron chi connectivity index (χ0n) is 14.0. The number of carbonyl (C=O) groups is 1. The summed E-state index contributed by atoms with van der Waals surface area (Å²) in [5.74, 6) is 0.0509. The lowest BCUT2D eigenvalue weighted by Gasteiger charge is -2.11. The molecule has 6 heteroatoms. The van der Waals surface area contributed by atoms with Crippen molar-refractivity contribution < 1.29 is 4.79 Å². The summed E-state index contributed by atoms with van der Waals surface area (Å²) in [4.78, 5) is 15.5. The number of amides is 1. The van der Waals surface area contributed by atoms with E-state index >= 15 is 0 Å². The predicted molar refractivity (Wildman–Crippen MR) is 106 cm³/mol. The zero-order valence-corrected chi connectivity index (χ0v) is 15.5. The predicted octanol–water partition coefficient (Wildman–Crippen LogP) is 4.59. The van der Waals surface area contributed by atoms with Gasteiger partial charge in [-0.2, -0.15) is 5.26 Å². The van der Waals surface area contributed by atoms with Gasteiger partial charge in [-0.25, -0.2) is 4.98 Å². The molecule has 0 atom stereocenters. The van der Waals surface area contributed by atoms with Crippen molar-refractivity contribution in [1.29, 1.82) is 5.26 Å². The van der Waals surface area contributed by atoms with Gasteiger partial charge >= 0.3 is 0 Å². The fraction of sp³-hybridized carbons (Fsp3) is 0.0500. The summed E-state index contributed by atoms with van der Waals surface area (Å²) >= 11 is 3.41. The summed E-state index contributed by atoms with van der Waals surface area (Å²) in [7, 11) is 0. The van der Waals surface area contributed by atoms with Crippen LogP contribution in [0.2, 0.25) is 0 Å². The molecule has 0 spiro atoms. The number of rotatable bonds is 3. The summed E-state index contributed by atoms with van der Waals surface area (Å²) < 4.78 is 0.969. The molecule has 3 rings (SSSR count). The van der Waals surface area contributed by atoms with Gasteiger partial charge in [0.05, 0.1) is 5.69 Å². The number of nitrogens with one attached hydrogen (secondary N) is 1. The Hall–Kier alpha value is -3.17. The number of nitrogens with two attached hydrogens (primary N) is 1. The van der Waals surface area contributed by atoms with Gasteiger partial charge in [0, 0.05) is 28.2 Å². The minimum Gasteiger partial charge on any atom is -0.383 e. The van der Waals surface area contributed by atoms with E-state index in [9.17, 15) is 10.1 Å². The number of pyridine rings is 1. The molecule has 26 heavy (non-hydrogen) atoms. The first-order valence-electron chi connectivity index (χ1n) is 7.82. The van der Waals surface area contributed by atoms with Crippen molar-refractivity contribution in [1.82, 2.24) is 4.98 Å². The summed E-state index contributed by atoms with van der Waals surface area (Å²) in [6, 6.07) is 18.9. The lowest BCUT2D eigenvalue weighted by molar-refractivity contribution is -0.114. The van der Waals surface area contributed by atoms with E-state index in [1.807, 2.05) is 42.5 Å². The molecule has 1 heterocycles. The van der Waals surface area contributed by atoms with Crippen molar-refractivity contribution in [2.24, 2.45) is 0 Å². The monoisotopic (exact) mass is 406 g/mol. The van der Waals surface area contributed by atoms with Gasteiger partial charge in [-0.3, -0.25) is 4.79 Å². The highest BCUT2D eigenvalue weighted by Gasteiger charge is 2.13. The molecule has 0 aliphatic heterocycles. The molecule has 0 fully saturated rings. The Morgan fingerprint density at radius 2 is 1.73 bits per heavy atom. The second kappa shape index (κ2) is 7.38. The number of nitrogen functional groups attached to an aromatic ring is 1. The number of benzene rings is 2. The molecule has 5 nitrogen and oxygen atoms in total. The normalized spacial score (nSPS) is 10.2. The molecule has 1 aromatic heterocycles. The molecular weight excluding hydrogens is 392 g/mol. The first-order chi connectivity index (χ1) is 12.5. The van der Waals surface area contributed by atoms with Gasteiger partial charge in [-0.15, -0.1) is 0 Å². The molecule has 0 aliphatic carbocycles. The van der Waals surface area contributed by atoms with Crippen molar-refractivity contribution in [2.75, 3.05) is 11.1 Å². The Bertz CT molecular complexity index is 1010. The fourth-order valence-electron chi connectivity index (χ4n) is 2.61. The molecule has 0 saturated heterocycles. The maximum Gasteiger partial charge on any atom is 0.221 e. The largest absolute Gasteiger partial charge is 0.383 e. The Balaban J connectivity index is 2.09. The van der Waals surface area contributed by atoms with Gasteiger partial charge in [0.15, 0.2) is 0 Å². The van der Waals surface area contributed by atoms with Crippen molar-refractivity contribution in [3.8, 4) is 28.5 Å². The zero-order chi connectivity index (χ0) is 18.7. The van der Waals surface area contributed by atoms with E-state index in [2.05, 4.69) is 32.3 Å².